The second kappa shape index (κ2) is 7.19. The first-order valence-electron chi connectivity index (χ1n) is 8.66. The van der Waals surface area contributed by atoms with Crippen molar-refractivity contribution in [2.45, 2.75) is 11.1 Å². The first-order valence-corrected chi connectivity index (χ1v) is 10.1. The van der Waals surface area contributed by atoms with Crippen molar-refractivity contribution in [2.24, 2.45) is 0 Å². The van der Waals surface area contributed by atoms with Crippen LogP contribution in [0, 0.1) is 0 Å². The maximum atomic E-state index is 13.5. The van der Waals surface area contributed by atoms with Crippen LogP contribution in [0.2, 0.25) is 0 Å². The average molecular weight is 430 g/mol. The van der Waals surface area contributed by atoms with E-state index in [9.17, 15) is 26.1 Å². The minimum absolute atomic E-state index is 0.0887. The zero-order valence-electron chi connectivity index (χ0n) is 15.1. The maximum absolute atomic E-state index is 13.5. The Kier molecular flexibility index (Phi) is 4.79. The van der Waals surface area contributed by atoms with Gasteiger partial charge >= 0.3 is 6.18 Å². The van der Waals surface area contributed by atoms with E-state index >= 15 is 0 Å². The molecular formula is C21H13F3N2O3S. The van der Waals surface area contributed by atoms with E-state index in [0.29, 0.717) is 22.9 Å². The number of fused-ring (bicyclic) bond motifs is 1. The van der Waals surface area contributed by atoms with Crippen molar-refractivity contribution < 1.29 is 26.1 Å². The summed E-state index contributed by atoms with van der Waals surface area (Å²) in [5.41, 5.74) is -0.393. The standard InChI is InChI=1S/C21H13F3N2O3S/c22-21(23,24)15-11-12-16-19(20(15)30(27,28)29)26-18(14-9-5-2-6-10-14)17(25-16)13-7-3-1-4-8-13/h1-12H,(H,27,28,29). The van der Waals surface area contributed by atoms with E-state index in [2.05, 4.69) is 9.97 Å². The Hall–Kier alpha value is -3.30. The number of alkyl halides is 3. The number of nitrogens with zero attached hydrogens (tertiary/aromatic N) is 2. The molecule has 30 heavy (non-hydrogen) atoms. The van der Waals surface area contributed by atoms with Crippen molar-refractivity contribution in [1.82, 2.24) is 9.97 Å². The quantitative estimate of drug-likeness (QED) is 0.450. The van der Waals surface area contributed by atoms with E-state index in [0.717, 1.165) is 6.07 Å². The van der Waals surface area contributed by atoms with Crippen molar-refractivity contribution in [2.75, 3.05) is 0 Å². The summed E-state index contributed by atoms with van der Waals surface area (Å²) in [5.74, 6) is 0. The van der Waals surface area contributed by atoms with E-state index in [1.165, 1.54) is 0 Å². The van der Waals surface area contributed by atoms with Crippen LogP contribution in [-0.2, 0) is 16.3 Å². The number of rotatable bonds is 3. The van der Waals surface area contributed by atoms with E-state index in [1.807, 2.05) is 0 Å². The minimum atomic E-state index is -5.24. The average Bonchev–Trinajstić information content (AvgIpc) is 2.71. The first kappa shape index (κ1) is 20.0. The fraction of sp³-hybridized carbons (Fsp3) is 0.0476. The molecule has 4 aromatic rings. The highest BCUT2D eigenvalue weighted by molar-refractivity contribution is 7.86. The van der Waals surface area contributed by atoms with Gasteiger partial charge in [0.25, 0.3) is 10.1 Å². The SMILES string of the molecule is O=S(=O)(O)c1c(C(F)(F)F)ccc2nc(-c3ccccc3)c(-c3ccccc3)nc12. The molecule has 0 aliphatic carbocycles. The van der Waals surface area contributed by atoms with Gasteiger partial charge in [0.05, 0.1) is 22.5 Å². The second-order valence-electron chi connectivity index (χ2n) is 6.44. The van der Waals surface area contributed by atoms with Gasteiger partial charge in [-0.15, -0.1) is 0 Å². The van der Waals surface area contributed by atoms with E-state index in [4.69, 9.17) is 0 Å². The zero-order chi connectivity index (χ0) is 21.5. The van der Waals surface area contributed by atoms with Gasteiger partial charge in [-0.2, -0.15) is 21.6 Å². The van der Waals surface area contributed by atoms with Crippen molar-refractivity contribution in [3.05, 3.63) is 78.4 Å². The molecule has 9 heteroatoms. The number of halogens is 3. The van der Waals surface area contributed by atoms with Crippen LogP contribution in [0.4, 0.5) is 13.2 Å². The van der Waals surface area contributed by atoms with E-state index in [-0.39, 0.29) is 11.2 Å². The van der Waals surface area contributed by atoms with Crippen molar-refractivity contribution in [3.63, 3.8) is 0 Å². The molecule has 4 rings (SSSR count). The summed E-state index contributed by atoms with van der Waals surface area (Å²) in [4.78, 5) is 7.37. The fourth-order valence-electron chi connectivity index (χ4n) is 3.18. The fourth-order valence-corrected chi connectivity index (χ4v) is 4.03. The highest BCUT2D eigenvalue weighted by Crippen LogP contribution is 2.39. The van der Waals surface area contributed by atoms with Crippen LogP contribution in [0.25, 0.3) is 33.5 Å². The molecule has 1 N–H and O–H groups in total. The number of aromatic nitrogens is 2. The minimum Gasteiger partial charge on any atom is -0.282 e. The molecular weight excluding hydrogens is 417 g/mol. The molecule has 0 aliphatic rings. The van der Waals surface area contributed by atoms with Gasteiger partial charge in [0.2, 0.25) is 0 Å². The number of hydrogen-bond acceptors (Lipinski definition) is 4. The van der Waals surface area contributed by atoms with Gasteiger partial charge in [-0.1, -0.05) is 60.7 Å². The Morgan fingerprint density at radius 1 is 0.733 bits per heavy atom. The van der Waals surface area contributed by atoms with Gasteiger partial charge < -0.3 is 0 Å². The summed E-state index contributed by atoms with van der Waals surface area (Å²) < 4.78 is 73.7. The third-order valence-corrected chi connectivity index (χ3v) is 5.38. The Labute approximate surface area is 169 Å². The molecule has 152 valence electrons. The summed E-state index contributed by atoms with van der Waals surface area (Å²) in [7, 11) is -5.24. The number of hydrogen-bond donors (Lipinski definition) is 1. The van der Waals surface area contributed by atoms with Gasteiger partial charge in [-0.25, -0.2) is 9.97 Å². The molecule has 0 spiro atoms. The second-order valence-corrected chi connectivity index (χ2v) is 7.79. The van der Waals surface area contributed by atoms with Crippen molar-refractivity contribution >= 4 is 21.2 Å². The van der Waals surface area contributed by atoms with Gasteiger partial charge in [0.15, 0.2) is 0 Å². The van der Waals surface area contributed by atoms with Gasteiger partial charge in [-0.3, -0.25) is 4.55 Å². The Morgan fingerprint density at radius 2 is 1.23 bits per heavy atom. The molecule has 1 heterocycles. The molecule has 1 aromatic heterocycles. The highest BCUT2D eigenvalue weighted by Gasteiger charge is 2.39. The smallest absolute Gasteiger partial charge is 0.282 e. The van der Waals surface area contributed by atoms with Gasteiger partial charge in [0.1, 0.15) is 10.4 Å². The molecule has 0 saturated heterocycles. The molecule has 0 fully saturated rings. The zero-order valence-corrected chi connectivity index (χ0v) is 15.9. The molecule has 0 unspecified atom stereocenters. The first-order chi connectivity index (χ1) is 14.2. The van der Waals surface area contributed by atoms with Gasteiger partial charge in [0, 0.05) is 11.1 Å². The molecule has 0 atom stereocenters. The third kappa shape index (κ3) is 3.64. The summed E-state index contributed by atoms with van der Waals surface area (Å²) in [6, 6.07) is 19.0. The number of benzene rings is 3. The van der Waals surface area contributed by atoms with Gasteiger partial charge in [-0.05, 0) is 12.1 Å². The Bertz CT molecular complexity index is 1340. The topological polar surface area (TPSA) is 80.2 Å². The summed E-state index contributed by atoms with van der Waals surface area (Å²) >= 11 is 0. The summed E-state index contributed by atoms with van der Waals surface area (Å²) in [6.07, 6.45) is -5.01. The molecule has 3 aromatic carbocycles. The van der Waals surface area contributed by atoms with Crippen molar-refractivity contribution in [1.29, 1.82) is 0 Å². The molecule has 0 saturated carbocycles. The highest BCUT2D eigenvalue weighted by atomic mass is 32.2. The predicted octanol–water partition coefficient (Wildman–Crippen LogP) is 5.23. The van der Waals surface area contributed by atoms with E-state index < -0.39 is 32.3 Å². The lowest BCUT2D eigenvalue weighted by Crippen LogP contribution is -2.14. The van der Waals surface area contributed by atoms with Crippen LogP contribution in [-0.4, -0.2) is 22.9 Å². The Balaban J connectivity index is 2.16. The summed E-state index contributed by atoms with van der Waals surface area (Å²) in [6.45, 7) is 0. The van der Waals surface area contributed by atoms with Crippen LogP contribution in [0.15, 0.2) is 77.7 Å². The van der Waals surface area contributed by atoms with Crippen LogP contribution in [0.3, 0.4) is 0 Å². The molecule has 0 bridgehead atoms. The normalized spacial score (nSPS) is 12.3. The maximum Gasteiger partial charge on any atom is 0.417 e. The van der Waals surface area contributed by atoms with Crippen LogP contribution < -0.4 is 0 Å². The van der Waals surface area contributed by atoms with Crippen molar-refractivity contribution in [3.8, 4) is 22.5 Å². The third-order valence-electron chi connectivity index (χ3n) is 4.45. The van der Waals surface area contributed by atoms with Crippen LogP contribution in [0.5, 0.6) is 0 Å². The lowest BCUT2D eigenvalue weighted by atomic mass is 10.0. The monoisotopic (exact) mass is 430 g/mol. The van der Waals surface area contributed by atoms with Crippen LogP contribution >= 0.6 is 0 Å². The molecule has 0 radical (unpaired) electrons. The van der Waals surface area contributed by atoms with E-state index in [1.54, 1.807) is 60.7 Å². The largest absolute Gasteiger partial charge is 0.417 e. The van der Waals surface area contributed by atoms with Crippen LogP contribution in [0.1, 0.15) is 5.56 Å². The Morgan fingerprint density at radius 3 is 1.70 bits per heavy atom. The summed E-state index contributed by atoms with van der Waals surface area (Å²) in [5, 5.41) is 0. The molecule has 0 amide bonds. The predicted molar refractivity (Wildman–Crippen MR) is 105 cm³/mol. The lowest BCUT2D eigenvalue weighted by molar-refractivity contribution is -0.139. The molecule has 5 nitrogen and oxygen atoms in total. The lowest BCUT2D eigenvalue weighted by Gasteiger charge is -2.15. The molecule has 0 aliphatic heterocycles.